The predicted molar refractivity (Wildman–Crippen MR) is 51.4 cm³/mol. The van der Waals surface area contributed by atoms with E-state index in [1.54, 1.807) is 0 Å². The minimum atomic E-state index is -0.357. The number of aliphatic hydroxyl groups is 2. The lowest BCUT2D eigenvalue weighted by atomic mass is 10.1. The van der Waals surface area contributed by atoms with Gasteiger partial charge in [-0.1, -0.05) is 13.3 Å². The quantitative estimate of drug-likeness (QED) is 0.723. The maximum absolute atomic E-state index is 9.63. The van der Waals surface area contributed by atoms with Gasteiger partial charge in [-0.3, -0.25) is 0 Å². The third-order valence-electron chi connectivity index (χ3n) is 2.08. The molecule has 13 heavy (non-hydrogen) atoms. The van der Waals surface area contributed by atoms with Crippen molar-refractivity contribution in [1.82, 2.24) is 4.57 Å². The Balaban J connectivity index is 2.56. The normalized spacial score (nSPS) is 13.2. The van der Waals surface area contributed by atoms with Crippen LogP contribution in [0.5, 0.6) is 0 Å². The minimum Gasteiger partial charge on any atom is -0.395 e. The van der Waals surface area contributed by atoms with Gasteiger partial charge in [0.25, 0.3) is 0 Å². The summed E-state index contributed by atoms with van der Waals surface area (Å²) in [6, 6.07) is 1.90. The van der Waals surface area contributed by atoms with Crippen LogP contribution in [0.4, 0.5) is 0 Å². The predicted octanol–water partition coefficient (Wildman–Crippen LogP) is 1.31. The van der Waals surface area contributed by atoms with Crippen LogP contribution in [0.2, 0.25) is 0 Å². The first-order chi connectivity index (χ1) is 6.27. The summed E-state index contributed by atoms with van der Waals surface area (Å²) in [5.41, 5.74) is 0.940. The summed E-state index contributed by atoms with van der Waals surface area (Å²) < 4.78 is 1.88. The Hall–Kier alpha value is -0.800. The summed E-state index contributed by atoms with van der Waals surface area (Å²) in [5, 5.41) is 18.3. The molecule has 1 unspecified atom stereocenters. The van der Waals surface area contributed by atoms with Gasteiger partial charge in [0, 0.05) is 18.9 Å². The van der Waals surface area contributed by atoms with Gasteiger partial charge in [0.05, 0.1) is 12.7 Å². The highest BCUT2D eigenvalue weighted by atomic mass is 16.3. The molecule has 1 heterocycles. The zero-order valence-corrected chi connectivity index (χ0v) is 7.98. The summed E-state index contributed by atoms with van der Waals surface area (Å²) in [6.45, 7) is 2.78. The monoisotopic (exact) mass is 183 g/mol. The van der Waals surface area contributed by atoms with Crippen molar-refractivity contribution in [1.29, 1.82) is 0 Å². The molecule has 0 fully saturated rings. The van der Waals surface area contributed by atoms with Crippen LogP contribution in [0.15, 0.2) is 18.5 Å². The maximum atomic E-state index is 9.63. The topological polar surface area (TPSA) is 45.4 Å². The molecule has 0 saturated heterocycles. The number of hydrogen-bond donors (Lipinski definition) is 2. The summed E-state index contributed by atoms with van der Waals surface area (Å²) >= 11 is 0. The van der Waals surface area contributed by atoms with E-state index in [2.05, 4.69) is 0 Å². The fraction of sp³-hybridized carbons (Fsp3) is 0.600. The lowest BCUT2D eigenvalue weighted by molar-refractivity contribution is 0.166. The van der Waals surface area contributed by atoms with Gasteiger partial charge < -0.3 is 14.8 Å². The van der Waals surface area contributed by atoms with E-state index in [0.29, 0.717) is 6.54 Å². The molecule has 0 radical (unpaired) electrons. The van der Waals surface area contributed by atoms with Crippen LogP contribution in [0.3, 0.4) is 0 Å². The molecule has 0 bridgehead atoms. The second-order valence-electron chi connectivity index (χ2n) is 3.21. The molecule has 1 aromatic rings. The largest absolute Gasteiger partial charge is 0.395 e. The highest BCUT2D eigenvalue weighted by Crippen LogP contribution is 2.17. The number of aromatic nitrogens is 1. The molecular formula is C10H17NO2. The van der Waals surface area contributed by atoms with Crippen molar-refractivity contribution in [3.63, 3.8) is 0 Å². The van der Waals surface area contributed by atoms with E-state index in [0.717, 1.165) is 18.4 Å². The van der Waals surface area contributed by atoms with Crippen molar-refractivity contribution >= 4 is 0 Å². The fourth-order valence-electron chi connectivity index (χ4n) is 1.35. The zero-order valence-electron chi connectivity index (χ0n) is 7.98. The van der Waals surface area contributed by atoms with Gasteiger partial charge in [0.2, 0.25) is 0 Å². The molecule has 0 aliphatic heterocycles. The van der Waals surface area contributed by atoms with Crippen molar-refractivity contribution in [2.75, 3.05) is 6.61 Å². The number of nitrogens with zero attached hydrogens (tertiary/aromatic N) is 1. The number of aliphatic hydroxyl groups excluding tert-OH is 2. The van der Waals surface area contributed by atoms with E-state index in [9.17, 15) is 5.11 Å². The molecule has 0 amide bonds. The molecule has 0 aliphatic carbocycles. The summed E-state index contributed by atoms with van der Waals surface area (Å²) in [6.07, 6.45) is 5.18. The molecule has 1 rings (SSSR count). The van der Waals surface area contributed by atoms with E-state index in [1.165, 1.54) is 0 Å². The second kappa shape index (κ2) is 5.04. The second-order valence-corrected chi connectivity index (χ2v) is 3.21. The highest BCUT2D eigenvalue weighted by molar-refractivity contribution is 5.13. The molecule has 3 nitrogen and oxygen atoms in total. The molecule has 0 aromatic carbocycles. The van der Waals surface area contributed by atoms with Gasteiger partial charge >= 0.3 is 0 Å². The van der Waals surface area contributed by atoms with Gasteiger partial charge in [-0.2, -0.15) is 0 Å². The SMILES string of the molecule is CCCC(O)c1ccn(CCO)c1. The maximum Gasteiger partial charge on any atom is 0.0804 e. The molecule has 74 valence electrons. The molecule has 1 atom stereocenters. The zero-order chi connectivity index (χ0) is 9.68. The first-order valence-electron chi connectivity index (χ1n) is 4.72. The molecule has 0 saturated carbocycles. The Bertz CT molecular complexity index is 245. The molecule has 3 heteroatoms. The summed E-state index contributed by atoms with van der Waals surface area (Å²) in [7, 11) is 0. The van der Waals surface area contributed by atoms with Gasteiger partial charge in [0.1, 0.15) is 0 Å². The molecule has 0 spiro atoms. The van der Waals surface area contributed by atoms with Crippen LogP contribution in [0.25, 0.3) is 0 Å². The van der Waals surface area contributed by atoms with Gasteiger partial charge in [-0.05, 0) is 18.1 Å². The van der Waals surface area contributed by atoms with Crippen LogP contribution in [0, 0.1) is 0 Å². The lowest BCUT2D eigenvalue weighted by Gasteiger charge is -2.05. The van der Waals surface area contributed by atoms with Crippen molar-refractivity contribution in [3.05, 3.63) is 24.0 Å². The van der Waals surface area contributed by atoms with Crippen LogP contribution >= 0.6 is 0 Å². The first kappa shape index (κ1) is 10.3. The molecule has 1 aromatic heterocycles. The smallest absolute Gasteiger partial charge is 0.0804 e. The Kier molecular flexibility index (Phi) is 3.99. The fourth-order valence-corrected chi connectivity index (χ4v) is 1.35. The van der Waals surface area contributed by atoms with E-state index < -0.39 is 0 Å². The van der Waals surface area contributed by atoms with Crippen LogP contribution in [-0.2, 0) is 6.54 Å². The Morgan fingerprint density at radius 3 is 2.92 bits per heavy atom. The third-order valence-corrected chi connectivity index (χ3v) is 2.08. The Morgan fingerprint density at radius 2 is 2.31 bits per heavy atom. The van der Waals surface area contributed by atoms with Crippen molar-refractivity contribution < 1.29 is 10.2 Å². The standard InChI is InChI=1S/C10H17NO2/c1-2-3-10(13)9-4-5-11(8-9)6-7-12/h4-5,8,10,12-13H,2-3,6-7H2,1H3. The van der Waals surface area contributed by atoms with Gasteiger partial charge in [0.15, 0.2) is 0 Å². The summed E-state index contributed by atoms with van der Waals surface area (Å²) in [4.78, 5) is 0. The Morgan fingerprint density at radius 1 is 1.54 bits per heavy atom. The van der Waals surface area contributed by atoms with E-state index in [1.807, 2.05) is 30.0 Å². The van der Waals surface area contributed by atoms with Gasteiger partial charge in [-0.15, -0.1) is 0 Å². The molecular weight excluding hydrogens is 166 g/mol. The lowest BCUT2D eigenvalue weighted by Crippen LogP contribution is -1.99. The number of rotatable bonds is 5. The van der Waals surface area contributed by atoms with Crippen LogP contribution < -0.4 is 0 Å². The molecule has 2 N–H and O–H groups in total. The average molecular weight is 183 g/mol. The van der Waals surface area contributed by atoms with Crippen molar-refractivity contribution in [2.45, 2.75) is 32.4 Å². The van der Waals surface area contributed by atoms with Crippen LogP contribution in [0.1, 0.15) is 31.4 Å². The number of hydrogen-bond acceptors (Lipinski definition) is 2. The van der Waals surface area contributed by atoms with Crippen LogP contribution in [-0.4, -0.2) is 21.4 Å². The van der Waals surface area contributed by atoms with E-state index in [-0.39, 0.29) is 12.7 Å². The summed E-state index contributed by atoms with van der Waals surface area (Å²) in [5.74, 6) is 0. The van der Waals surface area contributed by atoms with E-state index in [4.69, 9.17) is 5.11 Å². The van der Waals surface area contributed by atoms with E-state index >= 15 is 0 Å². The average Bonchev–Trinajstić information content (AvgIpc) is 2.54. The highest BCUT2D eigenvalue weighted by Gasteiger charge is 2.06. The third kappa shape index (κ3) is 2.86. The minimum absolute atomic E-state index is 0.137. The van der Waals surface area contributed by atoms with Gasteiger partial charge in [-0.25, -0.2) is 0 Å². The Labute approximate surface area is 78.6 Å². The molecule has 0 aliphatic rings. The van der Waals surface area contributed by atoms with Crippen molar-refractivity contribution in [3.8, 4) is 0 Å². The first-order valence-corrected chi connectivity index (χ1v) is 4.72. The van der Waals surface area contributed by atoms with Crippen molar-refractivity contribution in [2.24, 2.45) is 0 Å².